The summed E-state index contributed by atoms with van der Waals surface area (Å²) in [5.41, 5.74) is 4.14. The Morgan fingerprint density at radius 2 is 1.62 bits per heavy atom. The Labute approximate surface area is 188 Å². The maximum absolute atomic E-state index is 13.0. The van der Waals surface area contributed by atoms with Crippen molar-refractivity contribution in [2.24, 2.45) is 0 Å². The zero-order chi connectivity index (χ0) is 22.2. The van der Waals surface area contributed by atoms with Gasteiger partial charge in [-0.1, -0.05) is 95.6 Å². The molecule has 0 aliphatic carbocycles. The molecule has 1 heterocycles. The minimum atomic E-state index is -0.0593. The smallest absolute Gasteiger partial charge is 0.246 e. The second-order valence-corrected chi connectivity index (χ2v) is 7.62. The minimum Gasteiger partial charge on any atom is -0.339 e. The van der Waals surface area contributed by atoms with Gasteiger partial charge < -0.3 is 9.42 Å². The Morgan fingerprint density at radius 1 is 0.938 bits per heavy atom. The highest BCUT2D eigenvalue weighted by molar-refractivity contribution is 5.91. The number of carbonyl (C=O) groups is 1. The molecular formula is C27H25N3O2. The van der Waals surface area contributed by atoms with E-state index in [0.29, 0.717) is 31.2 Å². The monoisotopic (exact) mass is 423 g/mol. The van der Waals surface area contributed by atoms with E-state index < -0.39 is 0 Å². The molecule has 0 spiro atoms. The fraction of sp³-hybridized carbons (Fsp3) is 0.148. The first kappa shape index (κ1) is 21.2. The molecule has 0 fully saturated rings. The van der Waals surface area contributed by atoms with Crippen LogP contribution in [0.4, 0.5) is 0 Å². The van der Waals surface area contributed by atoms with Crippen LogP contribution in [0.5, 0.6) is 0 Å². The van der Waals surface area contributed by atoms with Crippen molar-refractivity contribution in [2.45, 2.75) is 19.9 Å². The van der Waals surface area contributed by atoms with E-state index in [1.165, 1.54) is 5.56 Å². The fourth-order valence-corrected chi connectivity index (χ4v) is 3.31. The van der Waals surface area contributed by atoms with Crippen molar-refractivity contribution in [3.63, 3.8) is 0 Å². The quantitative estimate of drug-likeness (QED) is 0.360. The first-order valence-corrected chi connectivity index (χ1v) is 10.6. The second kappa shape index (κ2) is 10.4. The first-order chi connectivity index (χ1) is 15.7. The first-order valence-electron chi connectivity index (χ1n) is 10.6. The third-order valence-electron chi connectivity index (χ3n) is 5.12. The number of rotatable bonds is 8. The molecule has 0 aliphatic rings. The highest BCUT2D eigenvalue weighted by Crippen LogP contribution is 2.17. The maximum atomic E-state index is 13.0. The summed E-state index contributed by atoms with van der Waals surface area (Å²) >= 11 is 0. The van der Waals surface area contributed by atoms with E-state index in [4.69, 9.17) is 4.52 Å². The molecule has 4 aromatic rings. The molecule has 1 amide bonds. The number of benzene rings is 3. The van der Waals surface area contributed by atoms with Gasteiger partial charge in [-0.3, -0.25) is 4.79 Å². The average Bonchev–Trinajstić information content (AvgIpc) is 3.31. The van der Waals surface area contributed by atoms with Crippen molar-refractivity contribution >= 4 is 12.0 Å². The number of hydrogen-bond donors (Lipinski definition) is 0. The second-order valence-electron chi connectivity index (χ2n) is 7.62. The predicted molar refractivity (Wildman–Crippen MR) is 126 cm³/mol. The van der Waals surface area contributed by atoms with E-state index in [-0.39, 0.29) is 5.91 Å². The third-order valence-corrected chi connectivity index (χ3v) is 5.12. The lowest BCUT2D eigenvalue weighted by Gasteiger charge is -2.20. The van der Waals surface area contributed by atoms with E-state index >= 15 is 0 Å². The molecule has 0 radical (unpaired) electrons. The third kappa shape index (κ3) is 5.79. The van der Waals surface area contributed by atoms with Crippen LogP contribution in [0.1, 0.15) is 22.6 Å². The number of carbonyl (C=O) groups excluding carboxylic acids is 1. The molecule has 1 aromatic heterocycles. The summed E-state index contributed by atoms with van der Waals surface area (Å²) in [6, 6.07) is 27.7. The van der Waals surface area contributed by atoms with E-state index in [9.17, 15) is 4.79 Å². The van der Waals surface area contributed by atoms with Crippen LogP contribution in [0.25, 0.3) is 17.5 Å². The molecule has 0 unspecified atom stereocenters. The molecular weight excluding hydrogens is 398 g/mol. The Morgan fingerprint density at radius 3 is 2.34 bits per heavy atom. The normalized spacial score (nSPS) is 11.0. The number of hydrogen-bond acceptors (Lipinski definition) is 4. The largest absolute Gasteiger partial charge is 0.339 e. The van der Waals surface area contributed by atoms with Crippen LogP contribution >= 0.6 is 0 Å². The van der Waals surface area contributed by atoms with E-state index in [1.807, 2.05) is 97.9 Å². The lowest BCUT2D eigenvalue weighted by Crippen LogP contribution is -2.31. The summed E-state index contributed by atoms with van der Waals surface area (Å²) in [7, 11) is 0. The van der Waals surface area contributed by atoms with Crippen molar-refractivity contribution in [3.05, 3.63) is 114 Å². The molecule has 0 aliphatic heterocycles. The van der Waals surface area contributed by atoms with Crippen LogP contribution in [-0.4, -0.2) is 27.5 Å². The molecule has 160 valence electrons. The van der Waals surface area contributed by atoms with Crippen molar-refractivity contribution in [2.75, 3.05) is 6.54 Å². The summed E-state index contributed by atoms with van der Waals surface area (Å²) in [5, 5.41) is 4.10. The van der Waals surface area contributed by atoms with Crippen molar-refractivity contribution < 1.29 is 9.32 Å². The Bertz CT molecular complexity index is 1170. The number of amides is 1. The number of nitrogens with zero attached hydrogens (tertiary/aromatic N) is 3. The van der Waals surface area contributed by atoms with Gasteiger partial charge >= 0.3 is 0 Å². The molecule has 4 rings (SSSR count). The van der Waals surface area contributed by atoms with E-state index in [1.54, 1.807) is 11.0 Å². The Hall–Kier alpha value is -3.99. The van der Waals surface area contributed by atoms with Gasteiger partial charge in [-0.25, -0.2) is 0 Å². The molecule has 3 aromatic carbocycles. The van der Waals surface area contributed by atoms with Crippen LogP contribution in [0.3, 0.4) is 0 Å². The standard InChI is InChI=1S/C27H25N3O2/c1-21-12-15-24(16-13-21)27-28-25(32-29-27)18-19-30(20-23-10-6-3-7-11-23)26(31)17-14-22-8-4-2-5-9-22/h2-17H,18-20H2,1H3. The van der Waals surface area contributed by atoms with Crippen LogP contribution < -0.4 is 0 Å². The van der Waals surface area contributed by atoms with Gasteiger partial charge in [0.15, 0.2) is 0 Å². The predicted octanol–water partition coefficient (Wildman–Crippen LogP) is 5.33. The van der Waals surface area contributed by atoms with Crippen molar-refractivity contribution in [1.82, 2.24) is 15.0 Å². The van der Waals surface area contributed by atoms with Gasteiger partial charge in [0.1, 0.15) is 0 Å². The van der Waals surface area contributed by atoms with Crippen LogP contribution in [-0.2, 0) is 17.8 Å². The summed E-state index contributed by atoms with van der Waals surface area (Å²) in [6.45, 7) is 3.02. The molecule has 5 nitrogen and oxygen atoms in total. The van der Waals surface area contributed by atoms with Crippen LogP contribution in [0.2, 0.25) is 0 Å². The van der Waals surface area contributed by atoms with Crippen LogP contribution in [0.15, 0.2) is 95.5 Å². The number of aryl methyl sites for hydroxylation is 1. The molecule has 0 saturated carbocycles. The van der Waals surface area contributed by atoms with Gasteiger partial charge in [0, 0.05) is 31.1 Å². The topological polar surface area (TPSA) is 59.2 Å². The molecule has 0 atom stereocenters. The fourth-order valence-electron chi connectivity index (χ4n) is 3.31. The highest BCUT2D eigenvalue weighted by Gasteiger charge is 2.15. The summed E-state index contributed by atoms with van der Waals surface area (Å²) in [6.07, 6.45) is 3.93. The summed E-state index contributed by atoms with van der Waals surface area (Å²) in [5.74, 6) is 1.01. The molecule has 5 heteroatoms. The Kier molecular flexibility index (Phi) is 6.88. The molecule has 32 heavy (non-hydrogen) atoms. The zero-order valence-electron chi connectivity index (χ0n) is 18.0. The van der Waals surface area contributed by atoms with Gasteiger partial charge in [0.05, 0.1) is 0 Å². The lowest BCUT2D eigenvalue weighted by atomic mass is 10.1. The summed E-state index contributed by atoms with van der Waals surface area (Å²) in [4.78, 5) is 19.3. The SMILES string of the molecule is Cc1ccc(-c2noc(CCN(Cc3ccccc3)C(=O)C=Cc3ccccc3)n2)cc1. The minimum absolute atomic E-state index is 0.0593. The maximum Gasteiger partial charge on any atom is 0.246 e. The molecule has 0 bridgehead atoms. The lowest BCUT2D eigenvalue weighted by molar-refractivity contribution is -0.126. The zero-order valence-corrected chi connectivity index (χ0v) is 18.0. The van der Waals surface area contributed by atoms with Crippen molar-refractivity contribution in [3.8, 4) is 11.4 Å². The van der Waals surface area contributed by atoms with Crippen LogP contribution in [0, 0.1) is 6.92 Å². The number of aromatic nitrogens is 2. The van der Waals surface area contributed by atoms with Gasteiger partial charge in [-0.2, -0.15) is 4.98 Å². The molecule has 0 saturated heterocycles. The Balaban J connectivity index is 1.46. The van der Waals surface area contributed by atoms with Gasteiger partial charge in [-0.05, 0) is 24.1 Å². The van der Waals surface area contributed by atoms with E-state index in [2.05, 4.69) is 10.1 Å². The van der Waals surface area contributed by atoms with Gasteiger partial charge in [0.2, 0.25) is 17.6 Å². The molecule has 0 N–H and O–H groups in total. The van der Waals surface area contributed by atoms with Gasteiger partial charge in [0.25, 0.3) is 0 Å². The van der Waals surface area contributed by atoms with E-state index in [0.717, 1.165) is 16.7 Å². The summed E-state index contributed by atoms with van der Waals surface area (Å²) < 4.78 is 5.44. The van der Waals surface area contributed by atoms with Crippen molar-refractivity contribution in [1.29, 1.82) is 0 Å². The average molecular weight is 424 g/mol. The van der Waals surface area contributed by atoms with Gasteiger partial charge in [-0.15, -0.1) is 0 Å². The highest BCUT2D eigenvalue weighted by atomic mass is 16.5.